The molecule has 2 heterocycles. The number of hydrogen-bond donors (Lipinski definition) is 0. The highest BCUT2D eigenvalue weighted by Gasteiger charge is 2.24. The van der Waals surface area contributed by atoms with E-state index in [1.54, 1.807) is 11.8 Å². The molecule has 4 nitrogen and oxygen atoms in total. The molecule has 6 heteroatoms. The summed E-state index contributed by atoms with van der Waals surface area (Å²) in [4.78, 5) is 18.1. The van der Waals surface area contributed by atoms with Gasteiger partial charge in [-0.05, 0) is 31.0 Å². The zero-order valence-electron chi connectivity index (χ0n) is 11.1. The molecule has 0 N–H and O–H groups in total. The monoisotopic (exact) mass is 310 g/mol. The fraction of sp³-hybridized carbons (Fsp3) is 0.429. The summed E-state index contributed by atoms with van der Waals surface area (Å²) in [5, 5.41) is 1.39. The molecule has 1 aliphatic heterocycles. The van der Waals surface area contributed by atoms with Crippen molar-refractivity contribution >= 4 is 44.2 Å². The molecule has 1 aromatic heterocycles. The Labute approximate surface area is 126 Å². The zero-order chi connectivity index (χ0) is 14.1. The van der Waals surface area contributed by atoms with Crippen molar-refractivity contribution < 1.29 is 9.53 Å². The van der Waals surface area contributed by atoms with Gasteiger partial charge in [-0.3, -0.25) is 9.69 Å². The standard InChI is InChI=1S/C14H15ClN2O2S/c1-9(18)17(8-11-3-2-6-19-11)14-16-12-5-4-10(15)7-13(12)20-14/h4-5,7,11H,2-3,6,8H2,1H3. The largest absolute Gasteiger partial charge is 0.376 e. The first-order valence-corrected chi connectivity index (χ1v) is 7.79. The molecule has 1 fully saturated rings. The lowest BCUT2D eigenvalue weighted by Gasteiger charge is -2.21. The van der Waals surface area contributed by atoms with Crippen LogP contribution in [0.5, 0.6) is 0 Å². The number of aromatic nitrogens is 1. The fourth-order valence-electron chi connectivity index (χ4n) is 2.34. The van der Waals surface area contributed by atoms with Gasteiger partial charge in [0, 0.05) is 18.6 Å². The van der Waals surface area contributed by atoms with E-state index in [2.05, 4.69) is 4.98 Å². The third-order valence-corrected chi connectivity index (χ3v) is 4.64. The van der Waals surface area contributed by atoms with Crippen LogP contribution in [0.15, 0.2) is 18.2 Å². The lowest BCUT2D eigenvalue weighted by molar-refractivity contribution is -0.116. The third-order valence-electron chi connectivity index (χ3n) is 3.36. The summed E-state index contributed by atoms with van der Waals surface area (Å²) in [6.07, 6.45) is 2.18. The summed E-state index contributed by atoms with van der Waals surface area (Å²) in [5.41, 5.74) is 0.869. The van der Waals surface area contributed by atoms with E-state index in [4.69, 9.17) is 16.3 Å². The number of halogens is 1. The van der Waals surface area contributed by atoms with Crippen LogP contribution >= 0.6 is 22.9 Å². The molecule has 2 aromatic rings. The van der Waals surface area contributed by atoms with Gasteiger partial charge in [-0.1, -0.05) is 22.9 Å². The van der Waals surface area contributed by atoms with Gasteiger partial charge >= 0.3 is 0 Å². The number of anilines is 1. The Bertz CT molecular complexity index is 637. The number of benzene rings is 1. The van der Waals surface area contributed by atoms with Crippen molar-refractivity contribution in [2.24, 2.45) is 0 Å². The van der Waals surface area contributed by atoms with Gasteiger partial charge in [0.15, 0.2) is 5.13 Å². The van der Waals surface area contributed by atoms with E-state index in [9.17, 15) is 4.79 Å². The number of ether oxygens (including phenoxy) is 1. The lowest BCUT2D eigenvalue weighted by Crippen LogP contribution is -2.35. The molecule has 1 atom stereocenters. The van der Waals surface area contributed by atoms with Crippen LogP contribution in [0, 0.1) is 0 Å². The minimum absolute atomic E-state index is 0.00865. The highest BCUT2D eigenvalue weighted by molar-refractivity contribution is 7.22. The van der Waals surface area contributed by atoms with Crippen LogP contribution < -0.4 is 4.90 Å². The smallest absolute Gasteiger partial charge is 0.225 e. The highest BCUT2D eigenvalue weighted by Crippen LogP contribution is 2.31. The first-order valence-electron chi connectivity index (χ1n) is 6.59. The van der Waals surface area contributed by atoms with E-state index in [1.165, 1.54) is 11.3 Å². The molecule has 1 amide bonds. The second-order valence-electron chi connectivity index (χ2n) is 4.87. The number of carbonyl (C=O) groups is 1. The van der Waals surface area contributed by atoms with Crippen LogP contribution in [0.3, 0.4) is 0 Å². The van der Waals surface area contributed by atoms with Gasteiger partial charge in [-0.25, -0.2) is 4.98 Å². The molecule has 0 radical (unpaired) electrons. The highest BCUT2D eigenvalue weighted by atomic mass is 35.5. The average molecular weight is 311 g/mol. The number of amides is 1. The second-order valence-corrected chi connectivity index (χ2v) is 6.32. The summed E-state index contributed by atoms with van der Waals surface area (Å²) < 4.78 is 6.60. The Morgan fingerprint density at radius 2 is 2.45 bits per heavy atom. The van der Waals surface area contributed by atoms with Crippen molar-refractivity contribution in [3.05, 3.63) is 23.2 Å². The first kappa shape index (κ1) is 13.8. The second kappa shape index (κ2) is 5.68. The molecule has 1 aliphatic rings. The lowest BCUT2D eigenvalue weighted by atomic mass is 10.2. The van der Waals surface area contributed by atoms with E-state index < -0.39 is 0 Å². The number of rotatable bonds is 3. The van der Waals surface area contributed by atoms with Crippen LogP contribution in [0.4, 0.5) is 5.13 Å². The summed E-state index contributed by atoms with van der Waals surface area (Å²) >= 11 is 7.47. The van der Waals surface area contributed by atoms with Crippen molar-refractivity contribution in [1.82, 2.24) is 4.98 Å². The van der Waals surface area contributed by atoms with E-state index in [-0.39, 0.29) is 12.0 Å². The molecular weight excluding hydrogens is 296 g/mol. The predicted octanol–water partition coefficient (Wildman–Crippen LogP) is 3.48. The molecule has 0 aliphatic carbocycles. The third kappa shape index (κ3) is 2.80. The maximum absolute atomic E-state index is 11.9. The zero-order valence-corrected chi connectivity index (χ0v) is 12.7. The summed E-state index contributed by atoms with van der Waals surface area (Å²) in [6, 6.07) is 5.57. The van der Waals surface area contributed by atoms with Gasteiger partial charge < -0.3 is 4.74 Å². The number of nitrogens with zero attached hydrogens (tertiary/aromatic N) is 2. The molecule has 0 bridgehead atoms. The van der Waals surface area contributed by atoms with E-state index >= 15 is 0 Å². The summed E-state index contributed by atoms with van der Waals surface area (Å²) in [5.74, 6) is -0.00865. The van der Waals surface area contributed by atoms with Crippen LogP contribution in [-0.2, 0) is 9.53 Å². The van der Waals surface area contributed by atoms with Crippen molar-refractivity contribution in [2.45, 2.75) is 25.9 Å². The molecule has 0 spiro atoms. The summed E-state index contributed by atoms with van der Waals surface area (Å²) in [7, 11) is 0. The molecular formula is C14H15ClN2O2S. The Hall–Kier alpha value is -1.17. The Balaban J connectivity index is 1.90. The number of carbonyl (C=O) groups excluding carboxylic acids is 1. The quantitative estimate of drug-likeness (QED) is 0.871. The Kier molecular flexibility index (Phi) is 3.92. The van der Waals surface area contributed by atoms with Gasteiger partial charge in [0.1, 0.15) is 0 Å². The van der Waals surface area contributed by atoms with Crippen molar-refractivity contribution in [3.63, 3.8) is 0 Å². The molecule has 1 aromatic carbocycles. The fourth-order valence-corrected chi connectivity index (χ4v) is 3.63. The van der Waals surface area contributed by atoms with Gasteiger partial charge in [0.05, 0.1) is 22.9 Å². The van der Waals surface area contributed by atoms with Gasteiger partial charge in [0.25, 0.3) is 0 Å². The molecule has 1 saturated heterocycles. The predicted molar refractivity (Wildman–Crippen MR) is 81.6 cm³/mol. The minimum atomic E-state index is -0.00865. The molecule has 1 unspecified atom stereocenters. The van der Waals surface area contributed by atoms with Gasteiger partial charge in [0.2, 0.25) is 5.91 Å². The van der Waals surface area contributed by atoms with Gasteiger partial charge in [-0.15, -0.1) is 0 Å². The number of hydrogen-bond acceptors (Lipinski definition) is 4. The van der Waals surface area contributed by atoms with Crippen LogP contribution in [0.1, 0.15) is 19.8 Å². The van der Waals surface area contributed by atoms with Crippen molar-refractivity contribution in [1.29, 1.82) is 0 Å². The SMILES string of the molecule is CC(=O)N(CC1CCCO1)c1nc2ccc(Cl)cc2s1. The Morgan fingerprint density at radius 1 is 1.60 bits per heavy atom. The van der Waals surface area contributed by atoms with E-state index in [0.29, 0.717) is 16.7 Å². The van der Waals surface area contributed by atoms with Crippen molar-refractivity contribution in [3.8, 4) is 0 Å². The minimum Gasteiger partial charge on any atom is -0.376 e. The Morgan fingerprint density at radius 3 is 3.15 bits per heavy atom. The van der Waals surface area contributed by atoms with Gasteiger partial charge in [-0.2, -0.15) is 0 Å². The normalized spacial score (nSPS) is 18.6. The summed E-state index contributed by atoms with van der Waals surface area (Å²) in [6.45, 7) is 2.92. The molecule has 106 valence electrons. The van der Waals surface area contributed by atoms with Crippen LogP contribution in [-0.4, -0.2) is 30.1 Å². The topological polar surface area (TPSA) is 42.4 Å². The van der Waals surface area contributed by atoms with Crippen LogP contribution in [0.2, 0.25) is 5.02 Å². The first-order chi connectivity index (χ1) is 9.63. The number of fused-ring (bicyclic) bond motifs is 1. The molecule has 3 rings (SSSR count). The van der Waals surface area contributed by atoms with E-state index in [1.807, 2.05) is 18.2 Å². The van der Waals surface area contributed by atoms with Crippen molar-refractivity contribution in [2.75, 3.05) is 18.1 Å². The van der Waals surface area contributed by atoms with Crippen LogP contribution in [0.25, 0.3) is 10.2 Å². The number of thiazole rings is 1. The van der Waals surface area contributed by atoms with E-state index in [0.717, 1.165) is 29.7 Å². The average Bonchev–Trinajstić information content (AvgIpc) is 3.03. The molecule has 20 heavy (non-hydrogen) atoms. The maximum Gasteiger partial charge on any atom is 0.225 e. The maximum atomic E-state index is 11.9. The molecule has 0 saturated carbocycles.